The minimum Gasteiger partial charge on any atom is -0.240 e. The maximum atomic E-state index is 4.51. The summed E-state index contributed by atoms with van der Waals surface area (Å²) in [6.45, 7) is 2.14. The van der Waals surface area contributed by atoms with Gasteiger partial charge in [0.2, 0.25) is 0 Å². The van der Waals surface area contributed by atoms with Crippen LogP contribution in [0.1, 0.15) is 5.56 Å². The molecule has 0 amide bonds. The van der Waals surface area contributed by atoms with E-state index in [2.05, 4.69) is 58.9 Å². The number of rotatable bonds is 2. The van der Waals surface area contributed by atoms with Crippen LogP contribution in [0.5, 0.6) is 0 Å². The third-order valence-electron chi connectivity index (χ3n) is 4.29. The van der Waals surface area contributed by atoms with Crippen molar-refractivity contribution < 1.29 is 37.3 Å². The zero-order valence-corrected chi connectivity index (χ0v) is 17.7. The molecule has 26 heavy (non-hydrogen) atoms. The molecule has 0 saturated heterocycles. The van der Waals surface area contributed by atoms with Crippen molar-refractivity contribution in [1.29, 1.82) is 0 Å². The maximum Gasteiger partial charge on any atom is 0.286 e. The predicted octanol–water partition coefficient (Wildman–Crippen LogP) is 3.92. The van der Waals surface area contributed by atoms with Gasteiger partial charge in [-0.05, 0) is 17.1 Å². The third-order valence-corrected chi connectivity index (χ3v) is 4.29. The van der Waals surface area contributed by atoms with Crippen molar-refractivity contribution in [1.82, 2.24) is 4.98 Å². The SMILES string of the molecule is Cc1cc(-c2[c-]cccc2)[c-]cc1-c1c2ccccc2nc[n+]1C.[B].[Y]. The molecule has 122 valence electrons. The van der Waals surface area contributed by atoms with Gasteiger partial charge in [-0.15, -0.1) is 17.7 Å². The van der Waals surface area contributed by atoms with Crippen molar-refractivity contribution in [2.45, 2.75) is 6.92 Å². The minimum atomic E-state index is 0. The Hall–Kier alpha value is -1.83. The molecule has 0 bridgehead atoms. The molecular formula is C22H17BN2Y-. The predicted molar refractivity (Wildman–Crippen MR) is 102 cm³/mol. The summed E-state index contributed by atoms with van der Waals surface area (Å²) in [5.74, 6) is 0. The normalized spacial score (nSPS) is 10.1. The molecule has 0 spiro atoms. The Morgan fingerprint density at radius 3 is 2.46 bits per heavy atom. The summed E-state index contributed by atoms with van der Waals surface area (Å²) in [7, 11) is 2.03. The van der Waals surface area contributed by atoms with Crippen molar-refractivity contribution in [3.05, 3.63) is 84.7 Å². The second-order valence-corrected chi connectivity index (χ2v) is 5.94. The van der Waals surface area contributed by atoms with E-state index in [1.165, 1.54) is 11.1 Å². The molecule has 3 aromatic carbocycles. The molecule has 0 aliphatic heterocycles. The molecule has 1 aromatic heterocycles. The van der Waals surface area contributed by atoms with Crippen molar-refractivity contribution in [2.75, 3.05) is 0 Å². The van der Waals surface area contributed by atoms with Crippen LogP contribution in [-0.2, 0) is 39.8 Å². The number of benzene rings is 3. The molecule has 4 radical (unpaired) electrons. The summed E-state index contributed by atoms with van der Waals surface area (Å²) in [6.07, 6.45) is 1.87. The Morgan fingerprint density at radius 1 is 0.962 bits per heavy atom. The number of hydrogen-bond acceptors (Lipinski definition) is 1. The zero-order chi connectivity index (χ0) is 16.5. The van der Waals surface area contributed by atoms with E-state index in [0.29, 0.717) is 0 Å². The van der Waals surface area contributed by atoms with Crippen LogP contribution in [-0.4, -0.2) is 13.4 Å². The summed E-state index contributed by atoms with van der Waals surface area (Å²) in [5.41, 5.74) is 6.70. The molecule has 0 aliphatic carbocycles. The number of hydrogen-bond donors (Lipinski definition) is 0. The fourth-order valence-corrected chi connectivity index (χ4v) is 3.09. The Balaban J connectivity index is 0.00000121. The van der Waals surface area contributed by atoms with Gasteiger partial charge in [-0.1, -0.05) is 24.6 Å². The van der Waals surface area contributed by atoms with Crippen LogP contribution in [0.4, 0.5) is 0 Å². The number of aryl methyl sites for hydroxylation is 2. The van der Waals surface area contributed by atoms with Crippen LogP contribution in [0.25, 0.3) is 33.3 Å². The van der Waals surface area contributed by atoms with Gasteiger partial charge in [0.1, 0.15) is 5.69 Å². The Morgan fingerprint density at radius 2 is 1.73 bits per heavy atom. The Kier molecular flexibility index (Phi) is 6.86. The van der Waals surface area contributed by atoms with Gasteiger partial charge in [-0.3, -0.25) is 0 Å². The number of aromatic nitrogens is 2. The smallest absolute Gasteiger partial charge is 0.240 e. The van der Waals surface area contributed by atoms with E-state index in [-0.39, 0.29) is 41.1 Å². The average Bonchev–Trinajstić information content (AvgIpc) is 2.63. The third kappa shape index (κ3) is 3.79. The summed E-state index contributed by atoms with van der Waals surface area (Å²) < 4.78 is 2.08. The van der Waals surface area contributed by atoms with Crippen LogP contribution in [0.15, 0.2) is 67.0 Å². The Labute approximate surface area is 181 Å². The summed E-state index contributed by atoms with van der Waals surface area (Å²) >= 11 is 0. The molecule has 0 atom stereocenters. The molecule has 0 unspecified atom stereocenters. The second kappa shape index (κ2) is 8.70. The topological polar surface area (TPSA) is 16.8 Å². The van der Waals surface area contributed by atoms with Gasteiger partial charge in [-0.25, -0.2) is 15.7 Å². The molecule has 4 rings (SSSR count). The fourth-order valence-electron chi connectivity index (χ4n) is 3.09. The zero-order valence-electron chi connectivity index (χ0n) is 14.9. The van der Waals surface area contributed by atoms with Gasteiger partial charge in [0.15, 0.2) is 5.52 Å². The van der Waals surface area contributed by atoms with E-state index in [0.717, 1.165) is 27.7 Å². The first-order valence-electron chi connectivity index (χ1n) is 7.97. The van der Waals surface area contributed by atoms with E-state index in [9.17, 15) is 0 Å². The quantitative estimate of drug-likeness (QED) is 0.279. The molecule has 1 heterocycles. The van der Waals surface area contributed by atoms with Gasteiger partial charge >= 0.3 is 0 Å². The Bertz CT molecular complexity index is 1030. The van der Waals surface area contributed by atoms with Crippen LogP contribution in [0, 0.1) is 19.1 Å². The fraction of sp³-hybridized carbons (Fsp3) is 0.0909. The molecule has 0 fully saturated rings. The molecule has 0 aliphatic rings. The van der Waals surface area contributed by atoms with Gasteiger partial charge in [-0.2, -0.15) is 36.4 Å². The minimum absolute atomic E-state index is 0. The molecule has 0 saturated carbocycles. The molecule has 0 N–H and O–H groups in total. The maximum absolute atomic E-state index is 4.51. The van der Waals surface area contributed by atoms with E-state index >= 15 is 0 Å². The first-order chi connectivity index (χ1) is 11.7. The van der Waals surface area contributed by atoms with Gasteiger partial charge in [0.25, 0.3) is 6.33 Å². The van der Waals surface area contributed by atoms with E-state index in [4.69, 9.17) is 0 Å². The van der Waals surface area contributed by atoms with Crippen molar-refractivity contribution in [3.8, 4) is 22.4 Å². The largest absolute Gasteiger partial charge is 0.286 e. The first kappa shape index (κ1) is 20.5. The van der Waals surface area contributed by atoms with Crippen LogP contribution < -0.4 is 4.57 Å². The van der Waals surface area contributed by atoms with E-state index in [1.54, 1.807) is 0 Å². The molecule has 2 nitrogen and oxygen atoms in total. The van der Waals surface area contributed by atoms with Gasteiger partial charge in [0.05, 0.1) is 12.4 Å². The van der Waals surface area contributed by atoms with Crippen molar-refractivity contribution in [3.63, 3.8) is 0 Å². The average molecular weight is 409 g/mol. The van der Waals surface area contributed by atoms with E-state index in [1.807, 2.05) is 43.7 Å². The standard InChI is InChI=1S/C22H17N2.B.Y/c1-16-14-18(17-8-4-3-5-9-17)12-13-19(16)22-20-10-6-7-11-21(20)23-15-24(22)2;;/h3-8,10-11,13-15H,1-2H3;;/q-1;;. The number of nitrogens with zero attached hydrogens (tertiary/aromatic N) is 2. The van der Waals surface area contributed by atoms with Gasteiger partial charge in [0, 0.05) is 41.1 Å². The van der Waals surface area contributed by atoms with Crippen molar-refractivity contribution in [2.24, 2.45) is 7.05 Å². The van der Waals surface area contributed by atoms with Crippen LogP contribution in [0.2, 0.25) is 0 Å². The van der Waals surface area contributed by atoms with Crippen LogP contribution >= 0.6 is 0 Å². The number of para-hydroxylation sites is 1. The van der Waals surface area contributed by atoms with Gasteiger partial charge < -0.3 is 0 Å². The molecule has 4 aromatic rings. The molecule has 4 heteroatoms. The van der Waals surface area contributed by atoms with E-state index < -0.39 is 0 Å². The summed E-state index contributed by atoms with van der Waals surface area (Å²) in [5, 5.41) is 1.15. The van der Waals surface area contributed by atoms with Crippen molar-refractivity contribution >= 4 is 19.3 Å². The van der Waals surface area contributed by atoms with Crippen LogP contribution in [0.3, 0.4) is 0 Å². The summed E-state index contributed by atoms with van der Waals surface area (Å²) in [4.78, 5) is 4.51. The molecular weight excluding hydrogens is 392 g/mol. The summed E-state index contributed by atoms with van der Waals surface area (Å²) in [6, 6.07) is 27.2. The second-order valence-electron chi connectivity index (χ2n) is 5.94. The first-order valence-corrected chi connectivity index (χ1v) is 7.97. The monoisotopic (exact) mass is 409 g/mol. The number of fused-ring (bicyclic) bond motifs is 1.